The maximum Gasteiger partial charge on any atom is 0.226 e. The highest BCUT2D eigenvalue weighted by molar-refractivity contribution is 4.98. The monoisotopic (exact) mass is 293 g/mol. The van der Waals surface area contributed by atoms with Crippen LogP contribution in [0.1, 0.15) is 76.9 Å². The fourth-order valence-electron chi connectivity index (χ4n) is 3.59. The van der Waals surface area contributed by atoms with Crippen molar-refractivity contribution in [3.8, 4) is 0 Å². The van der Waals surface area contributed by atoms with Crippen LogP contribution in [0.25, 0.3) is 0 Å². The van der Waals surface area contributed by atoms with Gasteiger partial charge in [-0.1, -0.05) is 45.2 Å². The minimum Gasteiger partial charge on any atom is -0.339 e. The third kappa shape index (κ3) is 4.80. The predicted octanol–water partition coefficient (Wildman–Crippen LogP) is 3.92. The molecule has 1 saturated carbocycles. The second-order valence-electron chi connectivity index (χ2n) is 7.12. The lowest BCUT2D eigenvalue weighted by Gasteiger charge is -2.26. The van der Waals surface area contributed by atoms with Gasteiger partial charge in [0.05, 0.1) is 0 Å². The molecule has 120 valence electrons. The fourth-order valence-corrected chi connectivity index (χ4v) is 3.59. The molecule has 1 heterocycles. The Bertz CT molecular complexity index is 416. The summed E-state index contributed by atoms with van der Waals surface area (Å²) in [5.41, 5.74) is 5.86. The van der Waals surface area contributed by atoms with Crippen molar-refractivity contribution in [1.82, 2.24) is 10.1 Å². The van der Waals surface area contributed by atoms with E-state index in [-0.39, 0.29) is 0 Å². The highest BCUT2D eigenvalue weighted by atomic mass is 16.5. The Morgan fingerprint density at radius 3 is 2.81 bits per heavy atom. The van der Waals surface area contributed by atoms with E-state index in [0.29, 0.717) is 24.3 Å². The van der Waals surface area contributed by atoms with Crippen LogP contribution in [0.4, 0.5) is 0 Å². The van der Waals surface area contributed by atoms with Crippen molar-refractivity contribution in [1.29, 1.82) is 0 Å². The van der Waals surface area contributed by atoms with Gasteiger partial charge < -0.3 is 10.3 Å². The molecular weight excluding hydrogens is 262 g/mol. The molecule has 1 fully saturated rings. The number of nitrogens with two attached hydrogens (primary N) is 1. The number of aromatic nitrogens is 2. The van der Waals surface area contributed by atoms with Gasteiger partial charge in [-0.3, -0.25) is 0 Å². The van der Waals surface area contributed by atoms with Crippen molar-refractivity contribution in [3.05, 3.63) is 11.7 Å². The first-order chi connectivity index (χ1) is 10.1. The Hall–Kier alpha value is -0.900. The summed E-state index contributed by atoms with van der Waals surface area (Å²) in [6.07, 6.45) is 8.31. The Kier molecular flexibility index (Phi) is 6.22. The van der Waals surface area contributed by atoms with Crippen LogP contribution in [0.5, 0.6) is 0 Å². The van der Waals surface area contributed by atoms with Crippen LogP contribution >= 0.6 is 0 Å². The van der Waals surface area contributed by atoms with Crippen molar-refractivity contribution in [2.75, 3.05) is 6.54 Å². The van der Waals surface area contributed by atoms with Crippen LogP contribution in [0.15, 0.2) is 4.52 Å². The highest BCUT2D eigenvalue weighted by Crippen LogP contribution is 2.36. The highest BCUT2D eigenvalue weighted by Gasteiger charge is 2.26. The molecule has 21 heavy (non-hydrogen) atoms. The Balaban J connectivity index is 1.94. The van der Waals surface area contributed by atoms with Gasteiger partial charge in [-0.15, -0.1) is 0 Å². The molecule has 4 nitrogen and oxygen atoms in total. The van der Waals surface area contributed by atoms with Gasteiger partial charge in [0.2, 0.25) is 5.89 Å². The van der Waals surface area contributed by atoms with Crippen molar-refractivity contribution in [2.24, 2.45) is 23.5 Å². The van der Waals surface area contributed by atoms with Crippen LogP contribution < -0.4 is 5.73 Å². The normalized spacial score (nSPS) is 24.4. The standard InChI is InChI=1S/C17H31N3O/c1-4-13-6-5-7-15(9-13)17-19-16(21-20-17)10-14(11-18)8-12(2)3/h12-15H,4-11,18H2,1-3H3. The minimum absolute atomic E-state index is 0.452. The van der Waals surface area contributed by atoms with E-state index < -0.39 is 0 Å². The summed E-state index contributed by atoms with van der Waals surface area (Å²) >= 11 is 0. The van der Waals surface area contributed by atoms with Gasteiger partial charge in [0.25, 0.3) is 0 Å². The van der Waals surface area contributed by atoms with Crippen molar-refractivity contribution in [2.45, 2.75) is 71.6 Å². The Morgan fingerprint density at radius 2 is 2.14 bits per heavy atom. The van der Waals surface area contributed by atoms with Gasteiger partial charge >= 0.3 is 0 Å². The maximum absolute atomic E-state index is 5.86. The van der Waals surface area contributed by atoms with Crippen LogP contribution in [-0.4, -0.2) is 16.7 Å². The molecule has 0 spiro atoms. The first-order valence-corrected chi connectivity index (χ1v) is 8.64. The van der Waals surface area contributed by atoms with Gasteiger partial charge in [-0.05, 0) is 43.6 Å². The first-order valence-electron chi connectivity index (χ1n) is 8.64. The zero-order valence-electron chi connectivity index (χ0n) is 13.8. The number of rotatable bonds is 7. The average molecular weight is 293 g/mol. The molecule has 4 heteroatoms. The molecule has 1 aliphatic rings. The Morgan fingerprint density at radius 1 is 1.33 bits per heavy atom. The summed E-state index contributed by atoms with van der Waals surface area (Å²) in [5, 5.41) is 4.25. The molecule has 2 N–H and O–H groups in total. The second kappa shape index (κ2) is 7.92. The van der Waals surface area contributed by atoms with E-state index >= 15 is 0 Å². The summed E-state index contributed by atoms with van der Waals surface area (Å²) < 4.78 is 5.48. The topological polar surface area (TPSA) is 64.9 Å². The van der Waals surface area contributed by atoms with Crippen molar-refractivity contribution >= 4 is 0 Å². The van der Waals surface area contributed by atoms with Crippen LogP contribution in [-0.2, 0) is 6.42 Å². The SMILES string of the molecule is CCC1CCCC(c2noc(CC(CN)CC(C)C)n2)C1. The number of nitrogens with zero attached hydrogens (tertiary/aromatic N) is 2. The van der Waals surface area contributed by atoms with Gasteiger partial charge in [0.15, 0.2) is 5.82 Å². The smallest absolute Gasteiger partial charge is 0.226 e. The molecule has 0 bridgehead atoms. The van der Waals surface area contributed by atoms with Gasteiger partial charge in [-0.2, -0.15) is 4.98 Å². The molecule has 0 amide bonds. The zero-order chi connectivity index (χ0) is 15.2. The van der Waals surface area contributed by atoms with E-state index in [1.54, 1.807) is 0 Å². The lowest BCUT2D eigenvalue weighted by Crippen LogP contribution is -2.19. The quantitative estimate of drug-likeness (QED) is 0.827. The summed E-state index contributed by atoms with van der Waals surface area (Å²) in [7, 11) is 0. The fraction of sp³-hybridized carbons (Fsp3) is 0.882. The summed E-state index contributed by atoms with van der Waals surface area (Å²) in [6, 6.07) is 0. The molecule has 1 aromatic heterocycles. The van der Waals surface area contributed by atoms with Gasteiger partial charge in [0.1, 0.15) is 0 Å². The lowest BCUT2D eigenvalue weighted by atomic mass is 9.80. The molecule has 0 aliphatic heterocycles. The maximum atomic E-state index is 5.86. The first kappa shape index (κ1) is 16.5. The predicted molar refractivity (Wildman–Crippen MR) is 85.0 cm³/mol. The minimum atomic E-state index is 0.452. The van der Waals surface area contributed by atoms with E-state index in [9.17, 15) is 0 Å². The second-order valence-corrected chi connectivity index (χ2v) is 7.12. The third-order valence-corrected chi connectivity index (χ3v) is 4.81. The van der Waals surface area contributed by atoms with E-state index in [4.69, 9.17) is 10.3 Å². The summed E-state index contributed by atoms with van der Waals surface area (Å²) in [5.74, 6) is 4.16. The van der Waals surface area contributed by atoms with Gasteiger partial charge in [0, 0.05) is 12.3 Å². The largest absolute Gasteiger partial charge is 0.339 e. The van der Waals surface area contributed by atoms with E-state index in [1.807, 2.05) is 0 Å². The molecule has 1 aliphatic carbocycles. The molecule has 1 aromatic rings. The molecule has 3 unspecified atom stereocenters. The molecule has 2 rings (SSSR count). The van der Waals surface area contributed by atoms with E-state index in [0.717, 1.165) is 30.5 Å². The lowest BCUT2D eigenvalue weighted by molar-refractivity contribution is 0.295. The zero-order valence-corrected chi connectivity index (χ0v) is 13.8. The molecule has 0 aromatic carbocycles. The molecule has 3 atom stereocenters. The summed E-state index contributed by atoms with van der Waals surface area (Å²) in [6.45, 7) is 7.44. The van der Waals surface area contributed by atoms with Gasteiger partial charge in [-0.25, -0.2) is 0 Å². The summed E-state index contributed by atoms with van der Waals surface area (Å²) in [4.78, 5) is 4.66. The number of hydrogen-bond acceptors (Lipinski definition) is 4. The molecule has 0 radical (unpaired) electrons. The molecule has 0 saturated heterocycles. The molecular formula is C17H31N3O. The van der Waals surface area contributed by atoms with Crippen molar-refractivity contribution < 1.29 is 4.52 Å². The third-order valence-electron chi connectivity index (χ3n) is 4.81. The van der Waals surface area contributed by atoms with Crippen LogP contribution in [0.2, 0.25) is 0 Å². The van der Waals surface area contributed by atoms with Crippen LogP contribution in [0.3, 0.4) is 0 Å². The number of hydrogen-bond donors (Lipinski definition) is 1. The van der Waals surface area contributed by atoms with Crippen molar-refractivity contribution in [3.63, 3.8) is 0 Å². The average Bonchev–Trinajstić information content (AvgIpc) is 2.94. The van der Waals surface area contributed by atoms with E-state index in [2.05, 4.69) is 30.9 Å². The Labute approximate surface area is 128 Å². The van der Waals surface area contributed by atoms with E-state index in [1.165, 1.54) is 32.1 Å². The van der Waals surface area contributed by atoms with Crippen LogP contribution in [0, 0.1) is 17.8 Å².